The summed E-state index contributed by atoms with van der Waals surface area (Å²) < 4.78 is 2.15. The Kier molecular flexibility index (Phi) is 6.27. The number of imidazole rings is 1. The van der Waals surface area contributed by atoms with Gasteiger partial charge in [-0.05, 0) is 34.5 Å². The first-order valence-electron chi connectivity index (χ1n) is 14.6. The number of fused-ring (bicyclic) bond motifs is 2. The molecule has 0 amide bonds. The van der Waals surface area contributed by atoms with E-state index in [1.807, 2.05) is 72.8 Å². The summed E-state index contributed by atoms with van der Waals surface area (Å²) in [5.41, 5.74) is 8.18. The third-order valence-electron chi connectivity index (χ3n) is 8.09. The van der Waals surface area contributed by atoms with Crippen LogP contribution in [0.15, 0.2) is 146 Å². The van der Waals surface area contributed by atoms with Gasteiger partial charge in [0, 0.05) is 34.9 Å². The number of para-hydroxylation sites is 2. The standard InChI is InChI=1S/C39H27N5/c1-44-34-19-11-10-18-33(34)40-39(44)30-22-20-27(21-23-30)35-31-17-9-8-12-26(31)24-25-32(35)38-42-36(28-13-4-2-5-14-28)41-37(43-38)29-15-6-3-7-16-29/h2-25H,1H3. The molecular formula is C39H27N5. The molecule has 0 saturated carbocycles. The predicted octanol–water partition coefficient (Wildman–Crippen LogP) is 9.25. The maximum Gasteiger partial charge on any atom is 0.164 e. The number of benzene rings is 6. The van der Waals surface area contributed by atoms with Crippen molar-refractivity contribution in [3.8, 4) is 56.7 Å². The lowest BCUT2D eigenvalue weighted by atomic mass is 9.92. The molecule has 0 fully saturated rings. The number of nitrogens with zero attached hydrogens (tertiary/aromatic N) is 5. The summed E-state index contributed by atoms with van der Waals surface area (Å²) in [5.74, 6) is 2.86. The van der Waals surface area contributed by atoms with Gasteiger partial charge in [-0.25, -0.2) is 19.9 Å². The van der Waals surface area contributed by atoms with E-state index in [2.05, 4.69) is 84.4 Å². The molecule has 8 rings (SSSR count). The van der Waals surface area contributed by atoms with Crippen molar-refractivity contribution >= 4 is 21.8 Å². The van der Waals surface area contributed by atoms with E-state index in [0.29, 0.717) is 17.5 Å². The molecule has 5 heteroatoms. The molecule has 0 aliphatic heterocycles. The molecule has 5 nitrogen and oxygen atoms in total. The zero-order valence-electron chi connectivity index (χ0n) is 24.1. The van der Waals surface area contributed by atoms with Crippen molar-refractivity contribution in [2.24, 2.45) is 7.05 Å². The van der Waals surface area contributed by atoms with Gasteiger partial charge in [-0.1, -0.05) is 127 Å². The fourth-order valence-electron chi connectivity index (χ4n) is 5.89. The molecule has 0 aliphatic carbocycles. The molecule has 0 spiro atoms. The molecule has 0 atom stereocenters. The topological polar surface area (TPSA) is 56.5 Å². The van der Waals surface area contributed by atoms with Gasteiger partial charge in [-0.15, -0.1) is 0 Å². The van der Waals surface area contributed by atoms with E-state index in [-0.39, 0.29) is 0 Å². The Bertz CT molecular complexity index is 2210. The quantitative estimate of drug-likeness (QED) is 0.209. The molecule has 8 aromatic rings. The van der Waals surface area contributed by atoms with Gasteiger partial charge in [-0.2, -0.15) is 0 Å². The first-order valence-corrected chi connectivity index (χ1v) is 14.6. The molecule has 2 aromatic heterocycles. The summed E-state index contributed by atoms with van der Waals surface area (Å²) in [6, 6.07) is 49.8. The summed E-state index contributed by atoms with van der Waals surface area (Å²) in [5, 5.41) is 2.30. The second kappa shape index (κ2) is 10.7. The van der Waals surface area contributed by atoms with Gasteiger partial charge in [0.15, 0.2) is 17.5 Å². The molecule has 0 N–H and O–H groups in total. The van der Waals surface area contributed by atoms with E-state index in [1.54, 1.807) is 0 Å². The molecule has 0 radical (unpaired) electrons. The second-order valence-electron chi connectivity index (χ2n) is 10.8. The van der Waals surface area contributed by atoms with Crippen LogP contribution in [-0.2, 0) is 7.05 Å². The number of hydrogen-bond donors (Lipinski definition) is 0. The third kappa shape index (κ3) is 4.52. The van der Waals surface area contributed by atoms with Crippen LogP contribution >= 0.6 is 0 Å². The van der Waals surface area contributed by atoms with Crippen molar-refractivity contribution in [1.82, 2.24) is 24.5 Å². The van der Waals surface area contributed by atoms with Crippen molar-refractivity contribution < 1.29 is 0 Å². The van der Waals surface area contributed by atoms with Crippen molar-refractivity contribution in [3.05, 3.63) is 146 Å². The van der Waals surface area contributed by atoms with Gasteiger partial charge in [-0.3, -0.25) is 0 Å². The van der Waals surface area contributed by atoms with Gasteiger partial charge in [0.1, 0.15) is 5.82 Å². The summed E-state index contributed by atoms with van der Waals surface area (Å²) in [6.07, 6.45) is 0. The van der Waals surface area contributed by atoms with E-state index >= 15 is 0 Å². The number of rotatable bonds is 5. The van der Waals surface area contributed by atoms with Gasteiger partial charge in [0.05, 0.1) is 11.0 Å². The lowest BCUT2D eigenvalue weighted by Crippen LogP contribution is -2.01. The minimum atomic E-state index is 0.637. The molecule has 2 heterocycles. The van der Waals surface area contributed by atoms with Crippen LogP contribution in [0.25, 0.3) is 78.5 Å². The van der Waals surface area contributed by atoms with E-state index in [0.717, 1.165) is 61.0 Å². The molecule has 6 aromatic carbocycles. The van der Waals surface area contributed by atoms with Gasteiger partial charge >= 0.3 is 0 Å². The summed E-state index contributed by atoms with van der Waals surface area (Å²) in [4.78, 5) is 19.9. The first-order chi connectivity index (χ1) is 21.7. The van der Waals surface area contributed by atoms with E-state index in [4.69, 9.17) is 19.9 Å². The molecule has 0 bridgehead atoms. The highest BCUT2D eigenvalue weighted by atomic mass is 15.1. The maximum atomic E-state index is 5.06. The molecular weight excluding hydrogens is 538 g/mol. The third-order valence-corrected chi connectivity index (χ3v) is 8.09. The fraction of sp³-hybridized carbons (Fsp3) is 0.0256. The largest absolute Gasteiger partial charge is 0.327 e. The Labute approximate surface area is 255 Å². The highest BCUT2D eigenvalue weighted by Gasteiger charge is 2.18. The Hall–Kier alpha value is -5.94. The monoisotopic (exact) mass is 565 g/mol. The summed E-state index contributed by atoms with van der Waals surface area (Å²) >= 11 is 0. The Morgan fingerprint density at radius 2 is 1.00 bits per heavy atom. The molecule has 0 aliphatic rings. The van der Waals surface area contributed by atoms with E-state index in [1.165, 1.54) is 0 Å². The number of aromatic nitrogens is 5. The zero-order chi connectivity index (χ0) is 29.5. The zero-order valence-corrected chi connectivity index (χ0v) is 24.1. The van der Waals surface area contributed by atoms with Crippen molar-refractivity contribution in [2.75, 3.05) is 0 Å². The highest BCUT2D eigenvalue weighted by molar-refractivity contribution is 6.03. The smallest absolute Gasteiger partial charge is 0.164 e. The molecule has 0 unspecified atom stereocenters. The predicted molar refractivity (Wildman–Crippen MR) is 179 cm³/mol. The van der Waals surface area contributed by atoms with Gasteiger partial charge in [0.25, 0.3) is 0 Å². The Morgan fingerprint density at radius 1 is 0.432 bits per heavy atom. The lowest BCUT2D eigenvalue weighted by Gasteiger charge is -2.15. The van der Waals surface area contributed by atoms with Crippen LogP contribution in [0.4, 0.5) is 0 Å². The number of hydrogen-bond acceptors (Lipinski definition) is 4. The van der Waals surface area contributed by atoms with Crippen molar-refractivity contribution in [2.45, 2.75) is 0 Å². The molecule has 0 saturated heterocycles. The van der Waals surface area contributed by atoms with Gasteiger partial charge < -0.3 is 4.57 Å². The van der Waals surface area contributed by atoms with E-state index < -0.39 is 0 Å². The van der Waals surface area contributed by atoms with Crippen LogP contribution < -0.4 is 0 Å². The normalized spacial score (nSPS) is 11.3. The van der Waals surface area contributed by atoms with E-state index in [9.17, 15) is 0 Å². The van der Waals surface area contributed by atoms with Gasteiger partial charge in [0.2, 0.25) is 0 Å². The average Bonchev–Trinajstić information content (AvgIpc) is 3.44. The maximum absolute atomic E-state index is 5.06. The molecule has 44 heavy (non-hydrogen) atoms. The SMILES string of the molecule is Cn1c(-c2ccc(-c3c(-c4nc(-c5ccccc5)nc(-c5ccccc5)n4)ccc4ccccc34)cc2)nc2ccccc21. The van der Waals surface area contributed by atoms with Crippen LogP contribution in [0.1, 0.15) is 0 Å². The molecule has 208 valence electrons. The lowest BCUT2D eigenvalue weighted by molar-refractivity contribution is 0.959. The van der Waals surface area contributed by atoms with Crippen molar-refractivity contribution in [1.29, 1.82) is 0 Å². The Balaban J connectivity index is 1.32. The highest BCUT2D eigenvalue weighted by Crippen LogP contribution is 2.39. The van der Waals surface area contributed by atoms with Crippen LogP contribution in [0.2, 0.25) is 0 Å². The number of aryl methyl sites for hydroxylation is 1. The van der Waals surface area contributed by atoms with Crippen LogP contribution in [0.5, 0.6) is 0 Å². The Morgan fingerprint density at radius 3 is 1.68 bits per heavy atom. The second-order valence-corrected chi connectivity index (χ2v) is 10.8. The minimum Gasteiger partial charge on any atom is -0.327 e. The fourth-order valence-corrected chi connectivity index (χ4v) is 5.89. The van der Waals surface area contributed by atoms with Crippen molar-refractivity contribution in [3.63, 3.8) is 0 Å². The average molecular weight is 566 g/mol. The summed E-state index contributed by atoms with van der Waals surface area (Å²) in [6.45, 7) is 0. The minimum absolute atomic E-state index is 0.637. The van der Waals surface area contributed by atoms with Crippen LogP contribution in [0, 0.1) is 0 Å². The summed E-state index contributed by atoms with van der Waals surface area (Å²) in [7, 11) is 2.07. The van der Waals surface area contributed by atoms with Crippen LogP contribution in [0.3, 0.4) is 0 Å². The first kappa shape index (κ1) is 25.7. The van der Waals surface area contributed by atoms with Crippen LogP contribution in [-0.4, -0.2) is 24.5 Å².